The van der Waals surface area contributed by atoms with Crippen molar-refractivity contribution >= 4 is 17.8 Å². The third kappa shape index (κ3) is 8.14. The molecule has 0 saturated carbocycles. The summed E-state index contributed by atoms with van der Waals surface area (Å²) in [5, 5.41) is 9.46. The van der Waals surface area contributed by atoms with Crippen LogP contribution in [0.4, 0.5) is 0 Å². The van der Waals surface area contributed by atoms with E-state index in [2.05, 4.69) is 19.1 Å². The first-order valence-electron chi connectivity index (χ1n) is 12.0. The zero-order valence-electron chi connectivity index (χ0n) is 20.4. The molecule has 184 valence electrons. The molecule has 1 aliphatic heterocycles. The van der Waals surface area contributed by atoms with Gasteiger partial charge in [-0.25, -0.2) is 0 Å². The van der Waals surface area contributed by atoms with Crippen molar-refractivity contribution < 1.29 is 29.0 Å². The number of amides is 1. The SMILES string of the molecule is CCC(CC(CC(CC(C)C(=O)O)C(=O)OC(C)COC)N1CCCC1=O)c1ccccc1. The minimum absolute atomic E-state index is 0.106. The third-order valence-electron chi connectivity index (χ3n) is 6.54. The third-order valence-corrected chi connectivity index (χ3v) is 6.54. The van der Waals surface area contributed by atoms with E-state index in [1.165, 1.54) is 12.7 Å². The van der Waals surface area contributed by atoms with Crippen molar-refractivity contribution in [3.63, 3.8) is 0 Å². The fourth-order valence-electron chi connectivity index (χ4n) is 4.71. The Kier molecular flexibility index (Phi) is 10.8. The minimum Gasteiger partial charge on any atom is -0.481 e. The molecule has 1 saturated heterocycles. The highest BCUT2D eigenvalue weighted by atomic mass is 16.6. The fraction of sp³-hybridized carbons (Fsp3) is 0.654. The second-order valence-corrected chi connectivity index (χ2v) is 9.21. The molecule has 1 fully saturated rings. The van der Waals surface area contributed by atoms with E-state index in [1.54, 1.807) is 13.8 Å². The number of hydrogen-bond acceptors (Lipinski definition) is 5. The van der Waals surface area contributed by atoms with E-state index in [1.807, 2.05) is 23.1 Å². The fourth-order valence-corrected chi connectivity index (χ4v) is 4.71. The Bertz CT molecular complexity index is 767. The molecule has 0 radical (unpaired) electrons. The van der Waals surface area contributed by atoms with Gasteiger partial charge in [0.25, 0.3) is 0 Å². The maximum atomic E-state index is 13.1. The van der Waals surface area contributed by atoms with Crippen molar-refractivity contribution in [2.24, 2.45) is 11.8 Å². The number of rotatable bonds is 14. The monoisotopic (exact) mass is 461 g/mol. The Morgan fingerprint density at radius 2 is 1.82 bits per heavy atom. The van der Waals surface area contributed by atoms with Crippen LogP contribution in [0.1, 0.15) is 70.8 Å². The van der Waals surface area contributed by atoms with Crippen LogP contribution in [-0.4, -0.2) is 60.3 Å². The molecule has 0 aliphatic carbocycles. The lowest BCUT2D eigenvalue weighted by molar-refractivity contribution is -0.158. The molecule has 1 N–H and O–H groups in total. The summed E-state index contributed by atoms with van der Waals surface area (Å²) in [4.78, 5) is 39.2. The number of carboxylic acids is 1. The average molecular weight is 462 g/mol. The predicted molar refractivity (Wildman–Crippen MR) is 126 cm³/mol. The summed E-state index contributed by atoms with van der Waals surface area (Å²) in [6, 6.07) is 10.1. The largest absolute Gasteiger partial charge is 0.481 e. The molecule has 0 aromatic heterocycles. The van der Waals surface area contributed by atoms with Crippen LogP contribution in [-0.2, 0) is 23.9 Å². The number of likely N-dealkylation sites (tertiary alicyclic amines) is 1. The standard InChI is InChI=1S/C26H39NO6/c1-5-20(21-10-7-6-8-11-21)15-23(27-13-9-12-24(27)28)16-22(14-18(2)25(29)30)26(31)33-19(3)17-32-4/h6-8,10-11,18-20,22-23H,5,9,12-17H2,1-4H3,(H,29,30). The normalized spacial score (nSPS) is 18.4. The first-order valence-corrected chi connectivity index (χ1v) is 12.0. The number of carboxylic acid groups (broad SMARTS) is 1. The van der Waals surface area contributed by atoms with Gasteiger partial charge in [0.05, 0.1) is 18.4 Å². The lowest BCUT2D eigenvalue weighted by Gasteiger charge is -2.34. The zero-order chi connectivity index (χ0) is 24.4. The molecule has 5 unspecified atom stereocenters. The first-order chi connectivity index (χ1) is 15.8. The van der Waals surface area contributed by atoms with Crippen molar-refractivity contribution in [1.29, 1.82) is 0 Å². The second-order valence-electron chi connectivity index (χ2n) is 9.21. The number of benzene rings is 1. The van der Waals surface area contributed by atoms with Crippen molar-refractivity contribution in [3.8, 4) is 0 Å². The van der Waals surface area contributed by atoms with Crippen LogP contribution in [0.25, 0.3) is 0 Å². The van der Waals surface area contributed by atoms with Crippen LogP contribution in [0.5, 0.6) is 0 Å². The lowest BCUT2D eigenvalue weighted by Crippen LogP contribution is -2.41. The Morgan fingerprint density at radius 1 is 1.12 bits per heavy atom. The summed E-state index contributed by atoms with van der Waals surface area (Å²) in [6.45, 7) is 6.43. The van der Waals surface area contributed by atoms with Crippen LogP contribution in [0.2, 0.25) is 0 Å². The van der Waals surface area contributed by atoms with Gasteiger partial charge >= 0.3 is 11.9 Å². The number of hydrogen-bond donors (Lipinski definition) is 1. The summed E-state index contributed by atoms with van der Waals surface area (Å²) in [7, 11) is 1.54. The van der Waals surface area contributed by atoms with E-state index in [0.29, 0.717) is 19.4 Å². The summed E-state index contributed by atoms with van der Waals surface area (Å²) in [5.74, 6) is -2.31. The maximum absolute atomic E-state index is 13.1. The predicted octanol–water partition coefficient (Wildman–Crippen LogP) is 4.26. The number of nitrogens with zero attached hydrogens (tertiary/aromatic N) is 1. The average Bonchev–Trinajstić information content (AvgIpc) is 3.22. The lowest BCUT2D eigenvalue weighted by atomic mass is 9.83. The van der Waals surface area contributed by atoms with Gasteiger partial charge in [-0.2, -0.15) is 0 Å². The van der Waals surface area contributed by atoms with Gasteiger partial charge in [0.2, 0.25) is 5.91 Å². The molecule has 0 bridgehead atoms. The molecule has 7 heteroatoms. The van der Waals surface area contributed by atoms with Crippen LogP contribution < -0.4 is 0 Å². The van der Waals surface area contributed by atoms with Crippen LogP contribution >= 0.6 is 0 Å². The van der Waals surface area contributed by atoms with Gasteiger partial charge < -0.3 is 19.5 Å². The van der Waals surface area contributed by atoms with Crippen LogP contribution in [0, 0.1) is 11.8 Å². The number of methoxy groups -OCH3 is 1. The van der Waals surface area contributed by atoms with E-state index < -0.39 is 29.9 Å². The molecule has 1 amide bonds. The number of carbonyl (C=O) groups is 3. The molecule has 1 heterocycles. The summed E-state index contributed by atoms with van der Waals surface area (Å²) >= 11 is 0. The number of aliphatic carboxylic acids is 1. The molecule has 7 nitrogen and oxygen atoms in total. The van der Waals surface area contributed by atoms with Crippen LogP contribution in [0.15, 0.2) is 30.3 Å². The molecule has 2 rings (SSSR count). The molecule has 1 aliphatic rings. The van der Waals surface area contributed by atoms with Gasteiger partial charge in [-0.1, -0.05) is 44.2 Å². The van der Waals surface area contributed by atoms with Gasteiger partial charge in [0.1, 0.15) is 6.10 Å². The summed E-state index contributed by atoms with van der Waals surface area (Å²) in [5.41, 5.74) is 1.21. The Labute approximate surface area is 197 Å². The van der Waals surface area contributed by atoms with E-state index in [9.17, 15) is 19.5 Å². The topological polar surface area (TPSA) is 93.1 Å². The minimum atomic E-state index is -0.942. The smallest absolute Gasteiger partial charge is 0.309 e. The van der Waals surface area contributed by atoms with E-state index in [4.69, 9.17) is 9.47 Å². The highest BCUT2D eigenvalue weighted by Crippen LogP contribution is 2.33. The Balaban J connectivity index is 2.27. The summed E-state index contributed by atoms with van der Waals surface area (Å²) < 4.78 is 10.7. The molecule has 1 aromatic carbocycles. The number of esters is 1. The molecule has 5 atom stereocenters. The first kappa shape index (κ1) is 26.8. The van der Waals surface area contributed by atoms with E-state index in [0.717, 1.165) is 19.3 Å². The van der Waals surface area contributed by atoms with Gasteiger partial charge in [0.15, 0.2) is 0 Å². The zero-order valence-corrected chi connectivity index (χ0v) is 20.4. The van der Waals surface area contributed by atoms with Gasteiger partial charge in [-0.3, -0.25) is 14.4 Å². The molecular weight excluding hydrogens is 422 g/mol. The Morgan fingerprint density at radius 3 is 2.36 bits per heavy atom. The van der Waals surface area contributed by atoms with Gasteiger partial charge in [0, 0.05) is 26.1 Å². The highest BCUT2D eigenvalue weighted by molar-refractivity contribution is 5.79. The van der Waals surface area contributed by atoms with Crippen molar-refractivity contribution in [2.45, 2.75) is 77.4 Å². The molecular formula is C26H39NO6. The van der Waals surface area contributed by atoms with E-state index >= 15 is 0 Å². The number of ether oxygens (including phenoxy) is 2. The highest BCUT2D eigenvalue weighted by Gasteiger charge is 2.35. The van der Waals surface area contributed by atoms with E-state index in [-0.39, 0.29) is 30.9 Å². The molecule has 0 spiro atoms. The molecule has 33 heavy (non-hydrogen) atoms. The molecule has 1 aromatic rings. The van der Waals surface area contributed by atoms with Gasteiger partial charge in [-0.05, 0) is 50.5 Å². The Hall–Kier alpha value is -2.41. The van der Waals surface area contributed by atoms with Crippen LogP contribution in [0.3, 0.4) is 0 Å². The van der Waals surface area contributed by atoms with Crippen molar-refractivity contribution in [2.75, 3.05) is 20.3 Å². The van der Waals surface area contributed by atoms with Crippen molar-refractivity contribution in [1.82, 2.24) is 4.90 Å². The second kappa shape index (κ2) is 13.3. The maximum Gasteiger partial charge on any atom is 0.309 e. The van der Waals surface area contributed by atoms with Crippen molar-refractivity contribution in [3.05, 3.63) is 35.9 Å². The quantitative estimate of drug-likeness (QED) is 0.416. The summed E-state index contributed by atoms with van der Waals surface area (Å²) in [6.07, 6.45) is 3.11. The van der Waals surface area contributed by atoms with Gasteiger partial charge in [-0.15, -0.1) is 0 Å². The number of carbonyl (C=O) groups excluding carboxylic acids is 2.